The van der Waals surface area contributed by atoms with Gasteiger partial charge in [-0.3, -0.25) is 4.79 Å². The van der Waals surface area contributed by atoms with Crippen LogP contribution >= 0.6 is 11.6 Å². The van der Waals surface area contributed by atoms with Gasteiger partial charge in [0, 0.05) is 11.1 Å². The Morgan fingerprint density at radius 1 is 1.37 bits per heavy atom. The van der Waals surface area contributed by atoms with Crippen molar-refractivity contribution in [2.45, 2.75) is 6.92 Å². The number of hydrogen-bond donors (Lipinski definition) is 2. The van der Waals surface area contributed by atoms with Crippen LogP contribution in [0.25, 0.3) is 0 Å². The molecule has 2 rings (SSSR count). The van der Waals surface area contributed by atoms with Crippen molar-refractivity contribution < 1.29 is 19.2 Å². The topological polar surface area (TPSA) is 92.4 Å². The number of rotatable bonds is 3. The minimum Gasteiger partial charge on any atom is -0.478 e. The summed E-state index contributed by atoms with van der Waals surface area (Å²) in [5.41, 5.74) is 0.109. The van der Waals surface area contributed by atoms with E-state index in [-0.39, 0.29) is 16.9 Å². The zero-order chi connectivity index (χ0) is 14.0. The summed E-state index contributed by atoms with van der Waals surface area (Å²) in [6.45, 7) is 1.64. The lowest BCUT2D eigenvalue weighted by molar-refractivity contribution is 0.0698. The number of hydrogen-bond acceptors (Lipinski definition) is 4. The van der Waals surface area contributed by atoms with Gasteiger partial charge < -0.3 is 14.9 Å². The van der Waals surface area contributed by atoms with Crippen LogP contribution in [-0.2, 0) is 0 Å². The number of anilines is 1. The van der Waals surface area contributed by atoms with Crippen molar-refractivity contribution >= 4 is 29.2 Å². The van der Waals surface area contributed by atoms with E-state index in [0.717, 1.165) is 0 Å². The number of nitrogens with one attached hydrogen (secondary N) is 1. The van der Waals surface area contributed by atoms with Crippen LogP contribution in [-0.4, -0.2) is 22.1 Å². The van der Waals surface area contributed by atoms with Gasteiger partial charge in [-0.15, -0.1) is 0 Å². The second-order valence-electron chi connectivity index (χ2n) is 3.77. The number of aryl methyl sites for hydroxylation is 1. The molecule has 0 fully saturated rings. The molecule has 1 aromatic carbocycles. The normalized spacial score (nSPS) is 10.2. The average molecular weight is 281 g/mol. The lowest BCUT2D eigenvalue weighted by atomic mass is 10.1. The van der Waals surface area contributed by atoms with Crippen LogP contribution in [0, 0.1) is 6.92 Å². The first-order valence-corrected chi connectivity index (χ1v) is 5.62. The van der Waals surface area contributed by atoms with Crippen molar-refractivity contribution in [3.63, 3.8) is 0 Å². The Balaban J connectivity index is 2.30. The Morgan fingerprint density at radius 2 is 2.11 bits per heavy atom. The van der Waals surface area contributed by atoms with Crippen LogP contribution < -0.4 is 5.32 Å². The fourth-order valence-electron chi connectivity index (χ4n) is 1.47. The van der Waals surface area contributed by atoms with Crippen molar-refractivity contribution in [2.24, 2.45) is 0 Å². The molecule has 0 aliphatic heterocycles. The first kappa shape index (κ1) is 13.1. The fraction of sp³-hybridized carbons (Fsp3) is 0.0833. The zero-order valence-corrected chi connectivity index (χ0v) is 10.6. The van der Waals surface area contributed by atoms with Gasteiger partial charge in [0.05, 0.1) is 11.3 Å². The Labute approximate surface area is 113 Å². The lowest BCUT2D eigenvalue weighted by Crippen LogP contribution is -2.15. The zero-order valence-electron chi connectivity index (χ0n) is 9.81. The summed E-state index contributed by atoms with van der Waals surface area (Å²) in [5.74, 6) is -1.25. The number of carboxylic acid groups (broad SMARTS) is 1. The molecule has 19 heavy (non-hydrogen) atoms. The number of aromatic carboxylic acids is 1. The van der Waals surface area contributed by atoms with Gasteiger partial charge in [-0.1, -0.05) is 16.8 Å². The molecule has 0 aliphatic carbocycles. The fourth-order valence-corrected chi connectivity index (χ4v) is 1.64. The van der Waals surface area contributed by atoms with Gasteiger partial charge in [0.1, 0.15) is 5.76 Å². The second kappa shape index (κ2) is 5.11. The minimum atomic E-state index is -1.16. The molecule has 1 aromatic heterocycles. The molecule has 0 unspecified atom stereocenters. The summed E-state index contributed by atoms with van der Waals surface area (Å²) in [6.07, 6.45) is 0. The average Bonchev–Trinajstić information content (AvgIpc) is 2.75. The molecule has 0 radical (unpaired) electrons. The highest BCUT2D eigenvalue weighted by molar-refractivity contribution is 6.31. The van der Waals surface area contributed by atoms with Crippen LogP contribution in [0.4, 0.5) is 5.69 Å². The maximum Gasteiger partial charge on any atom is 0.337 e. The van der Waals surface area contributed by atoms with E-state index in [1.165, 1.54) is 24.3 Å². The van der Waals surface area contributed by atoms with E-state index >= 15 is 0 Å². The van der Waals surface area contributed by atoms with Gasteiger partial charge in [0.25, 0.3) is 5.91 Å². The van der Waals surface area contributed by atoms with Crippen LogP contribution in [0.15, 0.2) is 28.8 Å². The summed E-state index contributed by atoms with van der Waals surface area (Å²) < 4.78 is 4.77. The van der Waals surface area contributed by atoms with E-state index in [1.807, 2.05) is 0 Å². The molecule has 0 bridgehead atoms. The van der Waals surface area contributed by atoms with E-state index in [1.54, 1.807) is 6.92 Å². The third-order valence-electron chi connectivity index (χ3n) is 2.32. The molecule has 1 amide bonds. The largest absolute Gasteiger partial charge is 0.478 e. The van der Waals surface area contributed by atoms with Crippen LogP contribution in [0.1, 0.15) is 26.6 Å². The Kier molecular flexibility index (Phi) is 3.52. The summed E-state index contributed by atoms with van der Waals surface area (Å²) in [4.78, 5) is 22.9. The standard InChI is InChI=1S/C12H9ClN2O4/c1-6-4-10(15-19-6)11(16)14-9-5-7(13)2-3-8(9)12(17)18/h2-5H,1H3,(H,14,16)(H,17,18). The van der Waals surface area contributed by atoms with Crippen molar-refractivity contribution in [3.05, 3.63) is 46.3 Å². The third kappa shape index (κ3) is 2.92. The first-order valence-electron chi connectivity index (χ1n) is 5.25. The predicted molar refractivity (Wildman–Crippen MR) is 67.6 cm³/mol. The van der Waals surface area contributed by atoms with Crippen LogP contribution in [0.2, 0.25) is 5.02 Å². The lowest BCUT2D eigenvalue weighted by Gasteiger charge is -2.07. The quantitative estimate of drug-likeness (QED) is 0.901. The molecule has 2 aromatic rings. The van der Waals surface area contributed by atoms with Crippen LogP contribution in [0.3, 0.4) is 0 Å². The van der Waals surface area contributed by atoms with Crippen molar-refractivity contribution in [1.29, 1.82) is 0 Å². The van der Waals surface area contributed by atoms with Crippen molar-refractivity contribution in [1.82, 2.24) is 5.16 Å². The monoisotopic (exact) mass is 280 g/mol. The first-order chi connectivity index (χ1) is 8.97. The number of carbonyl (C=O) groups excluding carboxylic acids is 1. The molecule has 0 saturated carbocycles. The second-order valence-corrected chi connectivity index (χ2v) is 4.21. The van der Waals surface area contributed by atoms with Gasteiger partial charge in [-0.25, -0.2) is 4.79 Å². The molecule has 6 nitrogen and oxygen atoms in total. The summed E-state index contributed by atoms with van der Waals surface area (Å²) in [6, 6.07) is 5.55. The third-order valence-corrected chi connectivity index (χ3v) is 2.56. The van der Waals surface area contributed by atoms with Crippen LogP contribution in [0.5, 0.6) is 0 Å². The van der Waals surface area contributed by atoms with E-state index in [4.69, 9.17) is 21.2 Å². The number of amides is 1. The van der Waals surface area contributed by atoms with Gasteiger partial charge in [-0.2, -0.15) is 0 Å². The van der Waals surface area contributed by atoms with E-state index < -0.39 is 11.9 Å². The number of carboxylic acids is 1. The van der Waals surface area contributed by atoms with E-state index in [9.17, 15) is 9.59 Å². The maximum absolute atomic E-state index is 11.8. The highest BCUT2D eigenvalue weighted by atomic mass is 35.5. The molecule has 0 spiro atoms. The Morgan fingerprint density at radius 3 is 2.68 bits per heavy atom. The smallest absolute Gasteiger partial charge is 0.337 e. The molecule has 0 aliphatic rings. The number of carbonyl (C=O) groups is 2. The van der Waals surface area contributed by atoms with Gasteiger partial charge in [0.15, 0.2) is 5.69 Å². The molecular weight excluding hydrogens is 272 g/mol. The molecule has 0 atom stereocenters. The number of aromatic nitrogens is 1. The highest BCUT2D eigenvalue weighted by Crippen LogP contribution is 2.21. The number of halogens is 1. The molecule has 7 heteroatoms. The molecule has 98 valence electrons. The summed E-state index contributed by atoms with van der Waals surface area (Å²) in [5, 5.41) is 15.3. The van der Waals surface area contributed by atoms with E-state index in [2.05, 4.69) is 10.5 Å². The van der Waals surface area contributed by atoms with Crippen molar-refractivity contribution in [2.75, 3.05) is 5.32 Å². The van der Waals surface area contributed by atoms with Gasteiger partial charge in [0.2, 0.25) is 0 Å². The molecule has 0 saturated heterocycles. The maximum atomic E-state index is 11.8. The SMILES string of the molecule is Cc1cc(C(=O)Nc2cc(Cl)ccc2C(=O)O)no1. The molecule has 2 N–H and O–H groups in total. The summed E-state index contributed by atoms with van der Waals surface area (Å²) >= 11 is 5.78. The number of nitrogens with zero attached hydrogens (tertiary/aromatic N) is 1. The van der Waals surface area contributed by atoms with Crippen molar-refractivity contribution in [3.8, 4) is 0 Å². The van der Waals surface area contributed by atoms with Gasteiger partial charge in [-0.05, 0) is 25.1 Å². The summed E-state index contributed by atoms with van der Waals surface area (Å²) in [7, 11) is 0. The Bertz CT molecular complexity index is 651. The van der Waals surface area contributed by atoms with Gasteiger partial charge >= 0.3 is 5.97 Å². The predicted octanol–water partition coefficient (Wildman–Crippen LogP) is 2.59. The molecule has 1 heterocycles. The molecular formula is C12H9ClN2O4. The number of benzene rings is 1. The highest BCUT2D eigenvalue weighted by Gasteiger charge is 2.16. The Hall–Kier alpha value is -2.34. The van der Waals surface area contributed by atoms with E-state index in [0.29, 0.717) is 10.8 Å². The minimum absolute atomic E-state index is 0.0574.